The van der Waals surface area contributed by atoms with Gasteiger partial charge in [-0.15, -0.1) is 5.10 Å². The van der Waals surface area contributed by atoms with E-state index in [1.165, 1.54) is 26.2 Å². The molecule has 0 saturated carbocycles. The van der Waals surface area contributed by atoms with Crippen molar-refractivity contribution in [1.29, 1.82) is 5.26 Å². The molecule has 11 heteroatoms. The molecule has 182 valence electrons. The Labute approximate surface area is 205 Å². The molecule has 0 aliphatic carbocycles. The lowest BCUT2D eigenvalue weighted by atomic mass is 9.68. The van der Waals surface area contributed by atoms with Crippen molar-refractivity contribution in [2.24, 2.45) is 5.73 Å². The summed E-state index contributed by atoms with van der Waals surface area (Å²) in [4.78, 5) is 27.8. The van der Waals surface area contributed by atoms with E-state index in [1.807, 2.05) is 0 Å². The summed E-state index contributed by atoms with van der Waals surface area (Å²) in [7, 11) is 4.27. The first-order valence-electron chi connectivity index (χ1n) is 10.8. The zero-order valence-corrected chi connectivity index (χ0v) is 19.6. The van der Waals surface area contributed by atoms with Crippen LogP contribution >= 0.6 is 0 Å². The number of hydrogen-bond acceptors (Lipinski definition) is 9. The molecule has 3 aromatic rings. The van der Waals surface area contributed by atoms with Crippen molar-refractivity contribution in [3.63, 3.8) is 0 Å². The minimum Gasteiger partial charge on any atom is -0.493 e. The number of benzene rings is 2. The van der Waals surface area contributed by atoms with E-state index in [0.29, 0.717) is 39.6 Å². The summed E-state index contributed by atoms with van der Waals surface area (Å²) >= 11 is 0. The number of aromatic amines is 1. The van der Waals surface area contributed by atoms with Gasteiger partial charge in [-0.3, -0.25) is 19.6 Å². The molecule has 2 aliphatic heterocycles. The van der Waals surface area contributed by atoms with Crippen LogP contribution in [-0.2, 0) is 19.7 Å². The molecule has 2 aromatic carbocycles. The highest BCUT2D eigenvalue weighted by Gasteiger charge is 2.61. The molecule has 11 nitrogen and oxygen atoms in total. The summed E-state index contributed by atoms with van der Waals surface area (Å²) in [6, 6.07) is 14.1. The Morgan fingerprint density at radius 2 is 1.94 bits per heavy atom. The Balaban J connectivity index is 1.83. The molecule has 1 amide bonds. The molecule has 2 aliphatic rings. The fourth-order valence-corrected chi connectivity index (χ4v) is 4.84. The molecule has 0 unspecified atom stereocenters. The fraction of sp³-hybridized carbons (Fsp3) is 0.200. The fourth-order valence-electron chi connectivity index (χ4n) is 4.84. The normalized spacial score (nSPS) is 17.8. The number of amides is 1. The van der Waals surface area contributed by atoms with Gasteiger partial charge in [0.2, 0.25) is 17.7 Å². The van der Waals surface area contributed by atoms with Crippen molar-refractivity contribution in [2.45, 2.75) is 5.41 Å². The van der Waals surface area contributed by atoms with Crippen LogP contribution in [0.4, 0.5) is 5.69 Å². The van der Waals surface area contributed by atoms with E-state index in [2.05, 4.69) is 16.3 Å². The predicted octanol–water partition coefficient (Wildman–Crippen LogP) is 1.99. The maximum absolute atomic E-state index is 14.3. The smallest absolute Gasteiger partial charge is 0.325 e. The minimum atomic E-state index is -1.72. The highest BCUT2D eigenvalue weighted by molar-refractivity contribution is 6.16. The number of anilines is 1. The highest BCUT2D eigenvalue weighted by Crippen LogP contribution is 2.57. The van der Waals surface area contributed by atoms with Crippen molar-refractivity contribution in [3.8, 4) is 34.7 Å². The topological polar surface area (TPSA) is 153 Å². The van der Waals surface area contributed by atoms with Gasteiger partial charge >= 0.3 is 5.97 Å². The number of methoxy groups -OCH3 is 3. The van der Waals surface area contributed by atoms with Crippen LogP contribution < -0.4 is 24.8 Å². The van der Waals surface area contributed by atoms with E-state index in [9.17, 15) is 14.9 Å². The number of nitrogens with two attached hydrogens (primary N) is 1. The van der Waals surface area contributed by atoms with E-state index in [0.717, 1.165) is 0 Å². The van der Waals surface area contributed by atoms with Gasteiger partial charge in [-0.1, -0.05) is 18.2 Å². The molecule has 1 spiro atoms. The van der Waals surface area contributed by atoms with Crippen LogP contribution in [0.3, 0.4) is 0 Å². The quantitative estimate of drug-likeness (QED) is 0.514. The van der Waals surface area contributed by atoms with Gasteiger partial charge < -0.3 is 24.7 Å². The molecule has 1 aromatic heterocycles. The second-order valence-corrected chi connectivity index (χ2v) is 8.04. The third-order valence-electron chi connectivity index (χ3n) is 6.40. The molecule has 3 N–H and O–H groups in total. The molecule has 0 bridgehead atoms. The molecule has 1 atom stereocenters. The standard InChI is InChI=1S/C25H21N5O6/c1-33-17-9-8-13(10-18(17)34-2)21-20-23(29-28-21)36-22(27)15(11-26)25(20)14-6-4-5-7-16(14)30(24(25)32)12-19(31)35-3/h4-10H,12,27H2,1-3H3,(H,28,29)/t25-/m0/s1. The van der Waals surface area contributed by atoms with E-state index in [-0.39, 0.29) is 23.9 Å². The number of H-pyrrole nitrogens is 1. The van der Waals surface area contributed by atoms with Crippen LogP contribution in [-0.4, -0.2) is 49.9 Å². The van der Waals surface area contributed by atoms with E-state index < -0.39 is 17.3 Å². The highest BCUT2D eigenvalue weighted by atomic mass is 16.5. The number of carbonyl (C=O) groups excluding carboxylic acids is 2. The molecule has 0 saturated heterocycles. The summed E-state index contributed by atoms with van der Waals surface area (Å²) in [5.41, 5.74) is 6.55. The molecular weight excluding hydrogens is 466 g/mol. The second-order valence-electron chi connectivity index (χ2n) is 8.04. The third kappa shape index (κ3) is 2.94. The first kappa shape index (κ1) is 22.8. The van der Waals surface area contributed by atoms with Crippen molar-refractivity contribution >= 4 is 17.6 Å². The summed E-state index contributed by atoms with van der Waals surface area (Å²) in [5.74, 6) is -0.427. The van der Waals surface area contributed by atoms with E-state index in [1.54, 1.807) is 42.5 Å². The number of para-hydroxylation sites is 1. The van der Waals surface area contributed by atoms with Gasteiger partial charge in [0, 0.05) is 16.8 Å². The van der Waals surface area contributed by atoms with Crippen LogP contribution in [0.5, 0.6) is 17.4 Å². The number of ether oxygens (including phenoxy) is 4. The maximum Gasteiger partial charge on any atom is 0.325 e. The first-order valence-corrected chi connectivity index (χ1v) is 10.8. The summed E-state index contributed by atoms with van der Waals surface area (Å²) in [6.45, 7) is -0.355. The van der Waals surface area contributed by atoms with Crippen molar-refractivity contribution in [2.75, 3.05) is 32.8 Å². The first-order chi connectivity index (χ1) is 17.4. The van der Waals surface area contributed by atoms with Crippen LogP contribution in [0, 0.1) is 11.3 Å². The monoisotopic (exact) mass is 487 g/mol. The lowest BCUT2D eigenvalue weighted by Crippen LogP contribution is -2.47. The molecule has 0 fully saturated rings. The number of fused-ring (bicyclic) bond motifs is 4. The molecule has 5 rings (SSSR count). The molecule has 0 radical (unpaired) electrons. The number of nitrogens with zero attached hydrogens (tertiary/aromatic N) is 3. The Hall–Kier alpha value is -4.98. The lowest BCUT2D eigenvalue weighted by Gasteiger charge is -2.32. The van der Waals surface area contributed by atoms with Crippen molar-refractivity contribution < 1.29 is 28.5 Å². The van der Waals surface area contributed by atoms with Crippen LogP contribution in [0.25, 0.3) is 11.3 Å². The number of nitrogens with one attached hydrogen (secondary N) is 1. The average Bonchev–Trinajstić information content (AvgIpc) is 3.42. The summed E-state index contributed by atoms with van der Waals surface area (Å²) < 4.78 is 21.3. The van der Waals surface area contributed by atoms with Gasteiger partial charge in [0.25, 0.3) is 0 Å². The van der Waals surface area contributed by atoms with Gasteiger partial charge in [-0.25, -0.2) is 0 Å². The van der Waals surface area contributed by atoms with Crippen LogP contribution in [0.2, 0.25) is 0 Å². The zero-order chi connectivity index (χ0) is 25.6. The van der Waals surface area contributed by atoms with Crippen LogP contribution in [0.15, 0.2) is 53.9 Å². The Morgan fingerprint density at radius 3 is 2.64 bits per heavy atom. The maximum atomic E-state index is 14.3. The van der Waals surface area contributed by atoms with Gasteiger partial charge in [0.05, 0.1) is 32.6 Å². The van der Waals surface area contributed by atoms with E-state index in [4.69, 9.17) is 24.7 Å². The Morgan fingerprint density at radius 1 is 1.19 bits per heavy atom. The average molecular weight is 487 g/mol. The van der Waals surface area contributed by atoms with Gasteiger partial charge in [0.1, 0.15) is 23.6 Å². The Kier molecular flexibility index (Phi) is 5.29. The minimum absolute atomic E-state index is 0.0411. The number of aromatic nitrogens is 2. The second kappa shape index (κ2) is 8.35. The molecular formula is C25H21N5O6. The molecule has 3 heterocycles. The number of esters is 1. The number of nitriles is 1. The number of carbonyl (C=O) groups is 2. The van der Waals surface area contributed by atoms with Gasteiger partial charge in [0.15, 0.2) is 11.5 Å². The summed E-state index contributed by atoms with van der Waals surface area (Å²) in [5, 5.41) is 17.4. The van der Waals surface area contributed by atoms with Crippen molar-refractivity contribution in [1.82, 2.24) is 10.2 Å². The summed E-state index contributed by atoms with van der Waals surface area (Å²) in [6.07, 6.45) is 0. The largest absolute Gasteiger partial charge is 0.493 e. The number of rotatable bonds is 5. The third-order valence-corrected chi connectivity index (χ3v) is 6.40. The van der Waals surface area contributed by atoms with Gasteiger partial charge in [-0.2, -0.15) is 5.26 Å². The predicted molar refractivity (Wildman–Crippen MR) is 126 cm³/mol. The van der Waals surface area contributed by atoms with Crippen molar-refractivity contribution in [3.05, 3.63) is 65.0 Å². The Bertz CT molecular complexity index is 1490. The lowest BCUT2D eigenvalue weighted by molar-refractivity contribution is -0.140. The van der Waals surface area contributed by atoms with Crippen LogP contribution in [0.1, 0.15) is 11.1 Å². The zero-order valence-electron chi connectivity index (χ0n) is 19.6. The molecule has 36 heavy (non-hydrogen) atoms. The van der Waals surface area contributed by atoms with Gasteiger partial charge in [-0.05, 0) is 24.3 Å². The SMILES string of the molecule is COC(=O)CN1C(=O)[C@]2(C(C#N)=C(N)Oc3n[nH]c(-c4ccc(OC)c(OC)c4)c32)c2ccccc21. The van der Waals surface area contributed by atoms with E-state index >= 15 is 0 Å². The number of hydrogen-bond donors (Lipinski definition) is 2.